The van der Waals surface area contributed by atoms with Crippen LogP contribution in [0, 0.1) is 0 Å². The van der Waals surface area contributed by atoms with Crippen LogP contribution >= 0.6 is 0 Å². The molecule has 104 valence electrons. The topological polar surface area (TPSA) is 32.5 Å². The van der Waals surface area contributed by atoms with E-state index < -0.39 is 0 Å². The number of nitrogens with zero attached hydrogens (tertiary/aromatic N) is 2. The van der Waals surface area contributed by atoms with E-state index in [9.17, 15) is 0 Å². The Balaban J connectivity index is 1.64. The molecule has 3 rings (SSSR count). The van der Waals surface area contributed by atoms with Crippen molar-refractivity contribution in [3.8, 4) is 0 Å². The van der Waals surface area contributed by atoms with E-state index in [1.807, 2.05) is 0 Å². The quantitative estimate of drug-likeness (QED) is 0.896. The van der Waals surface area contributed by atoms with E-state index in [4.69, 9.17) is 5.73 Å². The fraction of sp³-hybridized carbons (Fsp3) is 0.625. The summed E-state index contributed by atoms with van der Waals surface area (Å²) in [6, 6.07) is 11.3. The normalized spacial score (nSPS) is 28.0. The summed E-state index contributed by atoms with van der Waals surface area (Å²) in [5.41, 5.74) is 7.54. The van der Waals surface area contributed by atoms with Crippen molar-refractivity contribution in [2.45, 2.75) is 31.3 Å². The molecule has 0 amide bonds. The van der Waals surface area contributed by atoms with Crippen LogP contribution in [-0.2, 0) is 5.54 Å². The lowest BCUT2D eigenvalue weighted by Gasteiger charge is -2.41. The van der Waals surface area contributed by atoms with Crippen LogP contribution in [0.2, 0.25) is 0 Å². The second-order valence-electron chi connectivity index (χ2n) is 6.35. The monoisotopic (exact) mass is 259 g/mol. The molecule has 1 aromatic rings. The zero-order valence-corrected chi connectivity index (χ0v) is 11.9. The van der Waals surface area contributed by atoms with Gasteiger partial charge in [-0.1, -0.05) is 30.3 Å². The summed E-state index contributed by atoms with van der Waals surface area (Å²) in [7, 11) is 0. The van der Waals surface area contributed by atoms with Gasteiger partial charge in [-0.3, -0.25) is 9.80 Å². The first-order valence-corrected chi connectivity index (χ1v) is 7.46. The number of benzene rings is 1. The third-order valence-corrected chi connectivity index (χ3v) is 4.66. The molecule has 2 atom stereocenters. The Kier molecular flexibility index (Phi) is 3.61. The van der Waals surface area contributed by atoms with Gasteiger partial charge in [0.05, 0.1) is 5.54 Å². The lowest BCUT2D eigenvalue weighted by atomic mass is 9.92. The summed E-state index contributed by atoms with van der Waals surface area (Å²) in [5.74, 6) is 0. The molecule has 0 aromatic heterocycles. The zero-order valence-electron chi connectivity index (χ0n) is 11.9. The molecule has 2 saturated heterocycles. The molecule has 2 fully saturated rings. The number of hydrogen-bond donors (Lipinski definition) is 1. The summed E-state index contributed by atoms with van der Waals surface area (Å²) in [6.07, 6.45) is 2.74. The van der Waals surface area contributed by atoms with Crippen molar-refractivity contribution in [2.75, 3.05) is 32.7 Å². The van der Waals surface area contributed by atoms with E-state index >= 15 is 0 Å². The molecule has 0 bridgehead atoms. The highest BCUT2D eigenvalue weighted by Gasteiger charge is 2.33. The summed E-state index contributed by atoms with van der Waals surface area (Å²) in [4.78, 5) is 5.20. The lowest BCUT2D eigenvalue weighted by Crippen LogP contribution is -2.55. The second kappa shape index (κ2) is 5.23. The smallest absolute Gasteiger partial charge is 0.0509 e. The van der Waals surface area contributed by atoms with Crippen molar-refractivity contribution in [3.05, 3.63) is 35.9 Å². The molecule has 0 aliphatic carbocycles. The summed E-state index contributed by atoms with van der Waals surface area (Å²) in [5, 5.41) is 0. The zero-order chi connectivity index (χ0) is 13.3. The SMILES string of the molecule is CC(N)(CN1CCN2CCCC2C1)c1ccccc1. The van der Waals surface area contributed by atoms with Gasteiger partial charge in [0.1, 0.15) is 0 Å². The van der Waals surface area contributed by atoms with Gasteiger partial charge in [-0.05, 0) is 31.9 Å². The number of fused-ring (bicyclic) bond motifs is 1. The van der Waals surface area contributed by atoms with Gasteiger partial charge >= 0.3 is 0 Å². The van der Waals surface area contributed by atoms with Gasteiger partial charge in [-0.2, -0.15) is 0 Å². The molecule has 2 heterocycles. The Labute approximate surface area is 116 Å². The third-order valence-electron chi connectivity index (χ3n) is 4.66. The van der Waals surface area contributed by atoms with E-state index in [2.05, 4.69) is 47.1 Å². The Morgan fingerprint density at radius 1 is 1.21 bits per heavy atom. The van der Waals surface area contributed by atoms with E-state index in [1.165, 1.54) is 38.0 Å². The molecule has 0 saturated carbocycles. The summed E-state index contributed by atoms with van der Waals surface area (Å²) < 4.78 is 0. The van der Waals surface area contributed by atoms with Gasteiger partial charge in [0.15, 0.2) is 0 Å². The molecule has 2 unspecified atom stereocenters. The minimum atomic E-state index is -0.248. The molecule has 3 nitrogen and oxygen atoms in total. The maximum atomic E-state index is 6.55. The molecule has 0 spiro atoms. The van der Waals surface area contributed by atoms with Crippen LogP contribution in [-0.4, -0.2) is 48.6 Å². The highest BCUT2D eigenvalue weighted by atomic mass is 15.3. The van der Waals surface area contributed by atoms with Gasteiger partial charge in [0.25, 0.3) is 0 Å². The van der Waals surface area contributed by atoms with Crippen LogP contribution in [0.15, 0.2) is 30.3 Å². The average Bonchev–Trinajstić information content (AvgIpc) is 2.87. The van der Waals surface area contributed by atoms with Crippen molar-refractivity contribution in [2.24, 2.45) is 5.73 Å². The molecule has 3 heteroatoms. The standard InChI is InChI=1S/C16H25N3/c1-16(17,14-6-3-2-4-7-14)13-18-10-11-19-9-5-8-15(19)12-18/h2-4,6-7,15H,5,8-13,17H2,1H3. The highest BCUT2D eigenvalue weighted by molar-refractivity contribution is 5.23. The number of hydrogen-bond acceptors (Lipinski definition) is 3. The number of rotatable bonds is 3. The van der Waals surface area contributed by atoms with Crippen LogP contribution in [0.3, 0.4) is 0 Å². The Bertz CT molecular complexity index is 415. The van der Waals surface area contributed by atoms with Crippen LogP contribution in [0.4, 0.5) is 0 Å². The summed E-state index contributed by atoms with van der Waals surface area (Å²) in [6.45, 7) is 7.99. The van der Waals surface area contributed by atoms with Crippen LogP contribution in [0.5, 0.6) is 0 Å². The molecule has 2 aliphatic heterocycles. The van der Waals surface area contributed by atoms with Crippen molar-refractivity contribution in [1.29, 1.82) is 0 Å². The first-order chi connectivity index (χ1) is 9.15. The van der Waals surface area contributed by atoms with Crippen LogP contribution in [0.25, 0.3) is 0 Å². The van der Waals surface area contributed by atoms with Crippen molar-refractivity contribution >= 4 is 0 Å². The lowest BCUT2D eigenvalue weighted by molar-refractivity contribution is 0.0879. The predicted octanol–water partition coefficient (Wildman–Crippen LogP) is 1.64. The Morgan fingerprint density at radius 2 is 2.00 bits per heavy atom. The molecular weight excluding hydrogens is 234 g/mol. The van der Waals surface area contributed by atoms with E-state index in [-0.39, 0.29) is 5.54 Å². The maximum absolute atomic E-state index is 6.55. The van der Waals surface area contributed by atoms with E-state index in [0.29, 0.717) is 0 Å². The number of nitrogens with two attached hydrogens (primary N) is 1. The van der Waals surface area contributed by atoms with Crippen molar-refractivity contribution in [3.63, 3.8) is 0 Å². The van der Waals surface area contributed by atoms with Crippen molar-refractivity contribution < 1.29 is 0 Å². The highest BCUT2D eigenvalue weighted by Crippen LogP contribution is 2.24. The average molecular weight is 259 g/mol. The van der Waals surface area contributed by atoms with Gasteiger partial charge < -0.3 is 5.73 Å². The Hall–Kier alpha value is -0.900. The van der Waals surface area contributed by atoms with Gasteiger partial charge in [0, 0.05) is 32.2 Å². The minimum Gasteiger partial charge on any atom is -0.321 e. The van der Waals surface area contributed by atoms with Gasteiger partial charge in [-0.15, -0.1) is 0 Å². The molecule has 2 aliphatic rings. The van der Waals surface area contributed by atoms with Crippen LogP contribution < -0.4 is 5.73 Å². The first-order valence-electron chi connectivity index (χ1n) is 7.46. The molecule has 19 heavy (non-hydrogen) atoms. The first kappa shape index (κ1) is 13.1. The molecule has 2 N–H and O–H groups in total. The van der Waals surface area contributed by atoms with Gasteiger partial charge in [-0.25, -0.2) is 0 Å². The minimum absolute atomic E-state index is 0.248. The predicted molar refractivity (Wildman–Crippen MR) is 79.0 cm³/mol. The molecule has 1 aromatic carbocycles. The fourth-order valence-corrected chi connectivity index (χ4v) is 3.57. The maximum Gasteiger partial charge on any atom is 0.0509 e. The van der Waals surface area contributed by atoms with E-state index in [0.717, 1.165) is 19.1 Å². The molecule has 0 radical (unpaired) electrons. The van der Waals surface area contributed by atoms with Crippen LogP contribution in [0.1, 0.15) is 25.3 Å². The van der Waals surface area contributed by atoms with Crippen molar-refractivity contribution in [1.82, 2.24) is 9.80 Å². The molecular formula is C16H25N3. The largest absolute Gasteiger partial charge is 0.321 e. The third kappa shape index (κ3) is 2.83. The number of piperazine rings is 1. The second-order valence-corrected chi connectivity index (χ2v) is 6.35. The van der Waals surface area contributed by atoms with E-state index in [1.54, 1.807) is 0 Å². The Morgan fingerprint density at radius 3 is 2.79 bits per heavy atom. The van der Waals surface area contributed by atoms with Gasteiger partial charge in [0.2, 0.25) is 0 Å². The fourth-order valence-electron chi connectivity index (χ4n) is 3.57. The summed E-state index contributed by atoms with van der Waals surface area (Å²) >= 11 is 0.